The lowest BCUT2D eigenvalue weighted by Gasteiger charge is -2.35. The van der Waals surface area contributed by atoms with Gasteiger partial charge in [0, 0.05) is 32.4 Å². The Hall–Kier alpha value is -1.43. The maximum Gasteiger partial charge on any atom is 0.226 e. The maximum atomic E-state index is 12.8. The van der Waals surface area contributed by atoms with Crippen molar-refractivity contribution in [3.63, 3.8) is 0 Å². The van der Waals surface area contributed by atoms with Crippen molar-refractivity contribution in [1.29, 1.82) is 0 Å². The smallest absolute Gasteiger partial charge is 0.226 e. The molecule has 6 nitrogen and oxygen atoms in total. The number of carbonyl (C=O) groups is 1. The summed E-state index contributed by atoms with van der Waals surface area (Å²) in [6, 6.07) is 0. The van der Waals surface area contributed by atoms with E-state index in [1.807, 2.05) is 0 Å². The van der Waals surface area contributed by atoms with E-state index in [0.717, 1.165) is 57.4 Å². The Morgan fingerprint density at radius 1 is 1.36 bits per heavy atom. The predicted octanol–water partition coefficient (Wildman–Crippen LogP) is 1.53. The van der Waals surface area contributed by atoms with Crippen LogP contribution in [0.2, 0.25) is 0 Å². The first kappa shape index (κ1) is 15.5. The minimum Gasteiger partial charge on any atom is -0.342 e. The second-order valence-corrected chi connectivity index (χ2v) is 6.76. The van der Waals surface area contributed by atoms with Crippen LogP contribution in [0, 0.1) is 24.7 Å². The molecule has 1 aromatic heterocycles. The molecule has 1 amide bonds. The second kappa shape index (κ2) is 6.77. The fourth-order valence-electron chi connectivity index (χ4n) is 3.99. The fraction of sp³-hybridized carbons (Fsp3) is 0.812. The van der Waals surface area contributed by atoms with E-state index < -0.39 is 0 Å². The zero-order valence-corrected chi connectivity index (χ0v) is 13.3. The lowest BCUT2D eigenvalue weighted by atomic mass is 9.90. The normalized spacial score (nSPS) is 29.0. The highest BCUT2D eigenvalue weighted by Crippen LogP contribution is 2.33. The number of hydrogen-bond acceptors (Lipinski definition) is 5. The molecule has 2 heterocycles. The minimum atomic E-state index is 0.149. The van der Waals surface area contributed by atoms with E-state index in [2.05, 4.69) is 15.0 Å². The number of aromatic nitrogens is 2. The van der Waals surface area contributed by atoms with Crippen LogP contribution < -0.4 is 5.73 Å². The van der Waals surface area contributed by atoms with Crippen molar-refractivity contribution in [3.8, 4) is 0 Å². The van der Waals surface area contributed by atoms with Gasteiger partial charge in [-0.15, -0.1) is 0 Å². The summed E-state index contributed by atoms with van der Waals surface area (Å²) in [5, 5.41) is 3.98. The van der Waals surface area contributed by atoms with E-state index in [4.69, 9.17) is 10.3 Å². The van der Waals surface area contributed by atoms with Gasteiger partial charge in [-0.1, -0.05) is 11.6 Å². The number of nitrogens with two attached hydrogens (primary N) is 1. The minimum absolute atomic E-state index is 0.149. The number of carbonyl (C=O) groups excluding carboxylic acids is 1. The third-order valence-electron chi connectivity index (χ3n) is 5.15. The van der Waals surface area contributed by atoms with Crippen molar-refractivity contribution in [1.82, 2.24) is 15.0 Å². The van der Waals surface area contributed by atoms with Crippen LogP contribution in [0.3, 0.4) is 0 Å². The molecule has 2 aliphatic rings. The first-order chi connectivity index (χ1) is 10.7. The number of piperidine rings is 1. The molecule has 1 saturated heterocycles. The number of likely N-dealkylation sites (tertiary alicyclic amines) is 1. The number of amides is 1. The molecule has 0 aromatic carbocycles. The number of hydrogen-bond donors (Lipinski definition) is 1. The molecule has 22 heavy (non-hydrogen) atoms. The number of rotatable bonds is 4. The standard InChI is InChI=1S/C16H26N4O2/c1-11-18-15(19-22-11)8-12-4-3-7-20(10-12)16(21)14-6-2-5-13(14)9-17/h12-14H,2-10,17H2,1H3/t12?,13-,14-/m1/s1. The van der Waals surface area contributed by atoms with Crippen LogP contribution in [0.5, 0.6) is 0 Å². The van der Waals surface area contributed by atoms with E-state index in [1.165, 1.54) is 0 Å². The van der Waals surface area contributed by atoms with Gasteiger partial charge in [0.15, 0.2) is 5.82 Å². The van der Waals surface area contributed by atoms with Crippen molar-refractivity contribution < 1.29 is 9.32 Å². The van der Waals surface area contributed by atoms with Crippen molar-refractivity contribution in [2.45, 2.75) is 45.4 Å². The van der Waals surface area contributed by atoms with Crippen LogP contribution in [0.15, 0.2) is 4.52 Å². The van der Waals surface area contributed by atoms with Gasteiger partial charge in [0.2, 0.25) is 11.8 Å². The molecular weight excluding hydrogens is 280 g/mol. The molecule has 3 rings (SSSR count). The van der Waals surface area contributed by atoms with Gasteiger partial charge < -0.3 is 15.2 Å². The van der Waals surface area contributed by atoms with Gasteiger partial charge in [0.25, 0.3) is 0 Å². The second-order valence-electron chi connectivity index (χ2n) is 6.76. The highest BCUT2D eigenvalue weighted by Gasteiger charge is 2.36. The SMILES string of the molecule is Cc1nc(CC2CCCN(C(=O)[C@@H]3CCC[C@@H]3CN)C2)no1. The predicted molar refractivity (Wildman–Crippen MR) is 81.9 cm³/mol. The summed E-state index contributed by atoms with van der Waals surface area (Å²) in [7, 11) is 0. The highest BCUT2D eigenvalue weighted by atomic mass is 16.5. The molecule has 6 heteroatoms. The Morgan fingerprint density at radius 2 is 2.23 bits per heavy atom. The summed E-state index contributed by atoms with van der Waals surface area (Å²) in [4.78, 5) is 19.1. The summed E-state index contributed by atoms with van der Waals surface area (Å²) in [5.41, 5.74) is 5.83. The zero-order valence-electron chi connectivity index (χ0n) is 13.3. The highest BCUT2D eigenvalue weighted by molar-refractivity contribution is 5.79. The largest absolute Gasteiger partial charge is 0.342 e. The average molecular weight is 306 g/mol. The van der Waals surface area contributed by atoms with Gasteiger partial charge in [-0.2, -0.15) is 4.98 Å². The molecule has 0 radical (unpaired) electrons. The summed E-state index contributed by atoms with van der Waals surface area (Å²) in [6.45, 7) is 4.14. The molecule has 1 aliphatic heterocycles. The Bertz CT molecular complexity index is 516. The van der Waals surface area contributed by atoms with Gasteiger partial charge >= 0.3 is 0 Å². The van der Waals surface area contributed by atoms with Crippen LogP contribution in [0.1, 0.15) is 43.8 Å². The Morgan fingerprint density at radius 3 is 2.95 bits per heavy atom. The molecule has 2 fully saturated rings. The van der Waals surface area contributed by atoms with E-state index >= 15 is 0 Å². The van der Waals surface area contributed by atoms with Gasteiger partial charge in [-0.05, 0) is 44.1 Å². The monoisotopic (exact) mass is 306 g/mol. The van der Waals surface area contributed by atoms with Crippen LogP contribution in [0.4, 0.5) is 0 Å². The van der Waals surface area contributed by atoms with E-state index in [9.17, 15) is 4.79 Å². The van der Waals surface area contributed by atoms with Gasteiger partial charge in [0.05, 0.1) is 0 Å². The molecule has 1 aromatic rings. The van der Waals surface area contributed by atoms with E-state index in [0.29, 0.717) is 30.2 Å². The van der Waals surface area contributed by atoms with Crippen molar-refractivity contribution in [3.05, 3.63) is 11.7 Å². The number of aryl methyl sites for hydroxylation is 1. The van der Waals surface area contributed by atoms with Crippen LogP contribution in [-0.2, 0) is 11.2 Å². The third-order valence-corrected chi connectivity index (χ3v) is 5.15. The maximum absolute atomic E-state index is 12.8. The molecule has 1 saturated carbocycles. The van der Waals surface area contributed by atoms with Crippen molar-refractivity contribution in [2.75, 3.05) is 19.6 Å². The first-order valence-corrected chi connectivity index (χ1v) is 8.45. The summed E-state index contributed by atoms with van der Waals surface area (Å²) >= 11 is 0. The molecule has 0 bridgehead atoms. The van der Waals surface area contributed by atoms with Gasteiger partial charge in [-0.25, -0.2) is 0 Å². The third kappa shape index (κ3) is 3.32. The first-order valence-electron chi connectivity index (χ1n) is 8.45. The molecule has 122 valence electrons. The molecule has 0 spiro atoms. The summed E-state index contributed by atoms with van der Waals surface area (Å²) < 4.78 is 5.03. The van der Waals surface area contributed by atoms with Crippen molar-refractivity contribution >= 4 is 5.91 Å². The Labute approximate surface area is 131 Å². The quantitative estimate of drug-likeness (QED) is 0.912. The van der Waals surface area contributed by atoms with Crippen molar-refractivity contribution in [2.24, 2.45) is 23.5 Å². The average Bonchev–Trinajstić information content (AvgIpc) is 3.15. The van der Waals surface area contributed by atoms with E-state index in [-0.39, 0.29) is 5.92 Å². The van der Waals surface area contributed by atoms with Crippen LogP contribution in [-0.4, -0.2) is 40.6 Å². The molecule has 2 N–H and O–H groups in total. The van der Waals surface area contributed by atoms with Crippen LogP contribution >= 0.6 is 0 Å². The molecule has 1 aliphatic carbocycles. The van der Waals surface area contributed by atoms with E-state index in [1.54, 1.807) is 6.92 Å². The van der Waals surface area contributed by atoms with Crippen LogP contribution in [0.25, 0.3) is 0 Å². The number of nitrogens with zero attached hydrogens (tertiary/aromatic N) is 3. The molecule has 1 unspecified atom stereocenters. The fourth-order valence-corrected chi connectivity index (χ4v) is 3.99. The Balaban J connectivity index is 1.59. The summed E-state index contributed by atoms with van der Waals surface area (Å²) in [5.74, 6) is 2.66. The topological polar surface area (TPSA) is 85.2 Å². The Kier molecular flexibility index (Phi) is 4.76. The zero-order chi connectivity index (χ0) is 15.5. The van der Waals surface area contributed by atoms with Gasteiger partial charge in [-0.3, -0.25) is 4.79 Å². The molecular formula is C16H26N4O2. The lowest BCUT2D eigenvalue weighted by molar-refractivity contribution is -0.138. The summed E-state index contributed by atoms with van der Waals surface area (Å²) in [6.07, 6.45) is 6.23. The lowest BCUT2D eigenvalue weighted by Crippen LogP contribution is -2.45. The molecule has 3 atom stereocenters. The van der Waals surface area contributed by atoms with Gasteiger partial charge in [0.1, 0.15) is 0 Å².